The summed E-state index contributed by atoms with van der Waals surface area (Å²) in [6, 6.07) is 10.8. The molecule has 2 heteroatoms. The van der Waals surface area contributed by atoms with Crippen molar-refractivity contribution in [1.29, 1.82) is 0 Å². The first-order chi connectivity index (χ1) is 6.79. The molecule has 1 fully saturated rings. The van der Waals surface area contributed by atoms with Crippen molar-refractivity contribution in [3.8, 4) is 0 Å². The van der Waals surface area contributed by atoms with E-state index in [-0.39, 0.29) is 5.60 Å². The third-order valence-electron chi connectivity index (χ3n) is 2.59. The molecule has 0 amide bonds. The predicted octanol–water partition coefficient (Wildman–Crippen LogP) is 2.00. The monoisotopic (exact) mass is 256 g/mol. The normalized spacial score (nSPS) is 26.6. The van der Waals surface area contributed by atoms with Gasteiger partial charge in [0.1, 0.15) is 0 Å². The number of hydrogen-bond acceptors (Lipinski definition) is 1. The summed E-state index contributed by atoms with van der Waals surface area (Å²) in [5.74, 6) is 0. The molecule has 0 bridgehead atoms. The van der Waals surface area contributed by atoms with Gasteiger partial charge in [0.05, 0.1) is 0 Å². The van der Waals surface area contributed by atoms with Crippen molar-refractivity contribution < 1.29 is 4.74 Å². The van der Waals surface area contributed by atoms with Crippen molar-refractivity contribution in [2.75, 3.05) is 6.61 Å². The van der Waals surface area contributed by atoms with Crippen molar-refractivity contribution in [3.63, 3.8) is 0 Å². The Morgan fingerprint density at radius 2 is 2.14 bits per heavy atom. The molecule has 1 aromatic carbocycles. The van der Waals surface area contributed by atoms with Gasteiger partial charge in [0.2, 0.25) is 0 Å². The molecule has 1 saturated heterocycles. The standard InChI is InChI=1S/C12H16OSe/c1-12(8-5-9-13-12)10-14-11-6-3-2-4-7-11/h2-4,6-7H,5,8-10H2,1H3. The zero-order valence-electron chi connectivity index (χ0n) is 8.53. The van der Waals surface area contributed by atoms with Crippen LogP contribution in [0.1, 0.15) is 19.8 Å². The minimum absolute atomic E-state index is 0.176. The van der Waals surface area contributed by atoms with Crippen molar-refractivity contribution in [3.05, 3.63) is 30.3 Å². The van der Waals surface area contributed by atoms with E-state index >= 15 is 0 Å². The third-order valence-corrected chi connectivity index (χ3v) is 5.44. The van der Waals surface area contributed by atoms with E-state index in [2.05, 4.69) is 37.3 Å². The molecule has 0 aromatic heterocycles. The van der Waals surface area contributed by atoms with Crippen LogP contribution in [0, 0.1) is 0 Å². The van der Waals surface area contributed by atoms with E-state index < -0.39 is 0 Å². The molecule has 1 heterocycles. The average molecular weight is 255 g/mol. The molecule has 0 N–H and O–H groups in total. The van der Waals surface area contributed by atoms with Crippen LogP contribution < -0.4 is 4.46 Å². The molecule has 1 aliphatic rings. The third kappa shape index (κ3) is 2.60. The van der Waals surface area contributed by atoms with E-state index in [1.807, 2.05) is 0 Å². The summed E-state index contributed by atoms with van der Waals surface area (Å²) < 4.78 is 7.26. The summed E-state index contributed by atoms with van der Waals surface area (Å²) in [7, 11) is 0. The van der Waals surface area contributed by atoms with Gasteiger partial charge in [-0.05, 0) is 0 Å². The summed E-state index contributed by atoms with van der Waals surface area (Å²) in [6.07, 6.45) is 2.48. The second kappa shape index (κ2) is 4.48. The summed E-state index contributed by atoms with van der Waals surface area (Å²) in [5.41, 5.74) is 0.176. The van der Waals surface area contributed by atoms with E-state index in [1.165, 1.54) is 22.6 Å². The Morgan fingerprint density at radius 3 is 2.79 bits per heavy atom. The van der Waals surface area contributed by atoms with E-state index in [9.17, 15) is 0 Å². The van der Waals surface area contributed by atoms with E-state index in [1.54, 1.807) is 0 Å². The Hall–Kier alpha value is -0.301. The molecule has 0 aliphatic carbocycles. The Balaban J connectivity index is 1.88. The quantitative estimate of drug-likeness (QED) is 0.751. The van der Waals surface area contributed by atoms with Crippen LogP contribution in [0.15, 0.2) is 30.3 Å². The van der Waals surface area contributed by atoms with Crippen molar-refractivity contribution >= 4 is 19.4 Å². The molecule has 1 nitrogen and oxygen atoms in total. The Morgan fingerprint density at radius 1 is 1.36 bits per heavy atom. The van der Waals surface area contributed by atoms with Crippen LogP contribution in [0.4, 0.5) is 0 Å². The van der Waals surface area contributed by atoms with E-state index in [0.717, 1.165) is 6.61 Å². The summed E-state index contributed by atoms with van der Waals surface area (Å²) in [6.45, 7) is 3.21. The zero-order chi connectivity index (χ0) is 9.86. The van der Waals surface area contributed by atoms with Gasteiger partial charge in [0.15, 0.2) is 0 Å². The maximum atomic E-state index is 5.78. The SMILES string of the molecule is CC1(C[Se]c2ccccc2)CCCO1. The first kappa shape index (κ1) is 10.2. The van der Waals surface area contributed by atoms with Crippen molar-refractivity contribution in [1.82, 2.24) is 0 Å². The molecule has 14 heavy (non-hydrogen) atoms. The number of benzene rings is 1. The van der Waals surface area contributed by atoms with Crippen LogP contribution in [0.3, 0.4) is 0 Å². The first-order valence-corrected chi connectivity index (χ1v) is 7.17. The molecule has 0 spiro atoms. The van der Waals surface area contributed by atoms with E-state index in [4.69, 9.17) is 4.74 Å². The van der Waals surface area contributed by atoms with Crippen molar-refractivity contribution in [2.45, 2.75) is 30.7 Å². The molecule has 1 unspecified atom stereocenters. The molecular weight excluding hydrogens is 239 g/mol. The van der Waals surface area contributed by atoms with Gasteiger partial charge in [-0.25, -0.2) is 0 Å². The fraction of sp³-hybridized carbons (Fsp3) is 0.500. The summed E-state index contributed by atoms with van der Waals surface area (Å²) in [4.78, 5) is 0. The van der Waals surface area contributed by atoms with E-state index in [0.29, 0.717) is 15.0 Å². The Bertz CT molecular complexity index is 278. The Labute approximate surface area is 92.0 Å². The van der Waals surface area contributed by atoms with Crippen LogP contribution in [0.5, 0.6) is 0 Å². The van der Waals surface area contributed by atoms with Crippen LogP contribution in [-0.2, 0) is 4.74 Å². The molecule has 0 saturated carbocycles. The Kier molecular flexibility index (Phi) is 3.27. The van der Waals surface area contributed by atoms with Gasteiger partial charge in [-0.1, -0.05) is 0 Å². The predicted molar refractivity (Wildman–Crippen MR) is 60.2 cm³/mol. The molecule has 1 aliphatic heterocycles. The molecule has 2 rings (SSSR count). The van der Waals surface area contributed by atoms with Crippen LogP contribution >= 0.6 is 0 Å². The number of rotatable bonds is 3. The van der Waals surface area contributed by atoms with Crippen LogP contribution in [0.2, 0.25) is 5.32 Å². The first-order valence-electron chi connectivity index (χ1n) is 5.10. The van der Waals surface area contributed by atoms with Gasteiger partial charge in [0.25, 0.3) is 0 Å². The second-order valence-corrected chi connectivity index (χ2v) is 6.20. The summed E-state index contributed by atoms with van der Waals surface area (Å²) in [5, 5.41) is 1.21. The van der Waals surface area contributed by atoms with Gasteiger partial charge in [0, 0.05) is 0 Å². The van der Waals surface area contributed by atoms with Gasteiger partial charge in [-0.2, -0.15) is 0 Å². The molecular formula is C12H16OSe. The topological polar surface area (TPSA) is 9.23 Å². The maximum absolute atomic E-state index is 5.78. The fourth-order valence-electron chi connectivity index (χ4n) is 1.70. The number of hydrogen-bond donors (Lipinski definition) is 0. The van der Waals surface area contributed by atoms with Crippen molar-refractivity contribution in [2.24, 2.45) is 0 Å². The van der Waals surface area contributed by atoms with Gasteiger partial charge in [-0.15, -0.1) is 0 Å². The van der Waals surface area contributed by atoms with Gasteiger partial charge in [-0.3, -0.25) is 0 Å². The van der Waals surface area contributed by atoms with Crippen LogP contribution in [0.25, 0.3) is 0 Å². The minimum atomic E-state index is 0.176. The van der Waals surface area contributed by atoms with Gasteiger partial charge >= 0.3 is 91.8 Å². The molecule has 1 atom stereocenters. The molecule has 1 aromatic rings. The molecule has 76 valence electrons. The zero-order valence-corrected chi connectivity index (χ0v) is 10.2. The second-order valence-electron chi connectivity index (χ2n) is 4.00. The average Bonchev–Trinajstić information content (AvgIpc) is 2.65. The van der Waals surface area contributed by atoms with Gasteiger partial charge < -0.3 is 0 Å². The number of ether oxygens (including phenoxy) is 1. The summed E-state index contributed by atoms with van der Waals surface area (Å²) >= 11 is 0.570. The fourth-order valence-corrected chi connectivity index (χ4v) is 3.90. The molecule has 0 radical (unpaired) electrons. The van der Waals surface area contributed by atoms with Crippen LogP contribution in [-0.4, -0.2) is 27.2 Å².